The Bertz CT molecular complexity index is 661. The van der Waals surface area contributed by atoms with Crippen LogP contribution in [0, 0.1) is 17.7 Å². The summed E-state index contributed by atoms with van der Waals surface area (Å²) < 4.78 is 19.2. The van der Waals surface area contributed by atoms with Gasteiger partial charge in [-0.15, -0.1) is 0 Å². The monoisotopic (exact) mass is 396 g/mol. The second-order valence-corrected chi connectivity index (χ2v) is 9.13. The van der Waals surface area contributed by atoms with Crippen LogP contribution in [0.3, 0.4) is 0 Å². The van der Waals surface area contributed by atoms with Crippen molar-refractivity contribution in [3.63, 3.8) is 0 Å². The van der Waals surface area contributed by atoms with Gasteiger partial charge in [-0.2, -0.15) is 0 Å². The maximum atomic E-state index is 13.7. The van der Waals surface area contributed by atoms with Crippen LogP contribution in [0.15, 0.2) is 18.2 Å². The standard InChI is InChI=1S/C21H30ClFN2O2/c1-21(2,3)27-20(26)25-12-8-16(9-13-25)15-6-10-24(11-7-15)17-4-5-18(22)19(23)14-17/h4-5,14-16H,6-13H2,1-3H3. The van der Waals surface area contributed by atoms with Crippen LogP contribution in [-0.4, -0.2) is 42.8 Å². The predicted molar refractivity (Wildman–Crippen MR) is 107 cm³/mol. The van der Waals surface area contributed by atoms with E-state index in [2.05, 4.69) is 4.90 Å². The van der Waals surface area contributed by atoms with Gasteiger partial charge in [0.25, 0.3) is 0 Å². The van der Waals surface area contributed by atoms with Gasteiger partial charge in [0.2, 0.25) is 0 Å². The van der Waals surface area contributed by atoms with Gasteiger partial charge >= 0.3 is 6.09 Å². The highest BCUT2D eigenvalue weighted by molar-refractivity contribution is 6.30. The minimum atomic E-state index is -0.443. The third kappa shape index (κ3) is 5.28. The summed E-state index contributed by atoms with van der Waals surface area (Å²) in [7, 11) is 0. The Morgan fingerprint density at radius 3 is 2.15 bits per heavy atom. The van der Waals surface area contributed by atoms with E-state index in [1.807, 2.05) is 31.7 Å². The van der Waals surface area contributed by atoms with Gasteiger partial charge in [0.15, 0.2) is 0 Å². The Morgan fingerprint density at radius 1 is 1.07 bits per heavy atom. The summed E-state index contributed by atoms with van der Waals surface area (Å²) in [5, 5.41) is 0.172. The summed E-state index contributed by atoms with van der Waals surface area (Å²) in [6.07, 6.45) is 4.11. The van der Waals surface area contributed by atoms with E-state index in [0.29, 0.717) is 11.8 Å². The number of hydrogen-bond acceptors (Lipinski definition) is 3. The molecule has 0 aromatic heterocycles. The first kappa shape index (κ1) is 20.2. The Labute approximate surface area is 166 Å². The van der Waals surface area contributed by atoms with Gasteiger partial charge in [-0.05, 0) is 76.5 Å². The fraction of sp³-hybridized carbons (Fsp3) is 0.667. The number of anilines is 1. The number of halogens is 2. The molecule has 0 aliphatic carbocycles. The van der Waals surface area contributed by atoms with E-state index in [0.717, 1.165) is 57.5 Å². The molecule has 2 aliphatic rings. The first-order chi connectivity index (χ1) is 12.7. The lowest BCUT2D eigenvalue weighted by molar-refractivity contribution is 0.0152. The second-order valence-electron chi connectivity index (χ2n) is 8.73. The zero-order valence-electron chi connectivity index (χ0n) is 16.5. The van der Waals surface area contributed by atoms with E-state index in [-0.39, 0.29) is 16.9 Å². The number of piperidine rings is 2. The van der Waals surface area contributed by atoms with E-state index < -0.39 is 5.60 Å². The molecule has 4 nitrogen and oxygen atoms in total. The minimum Gasteiger partial charge on any atom is -0.444 e. The molecule has 1 amide bonds. The van der Waals surface area contributed by atoms with Crippen molar-refractivity contribution < 1.29 is 13.9 Å². The number of ether oxygens (including phenoxy) is 1. The van der Waals surface area contributed by atoms with E-state index in [4.69, 9.17) is 16.3 Å². The van der Waals surface area contributed by atoms with Gasteiger partial charge in [0.1, 0.15) is 11.4 Å². The highest BCUT2D eigenvalue weighted by atomic mass is 35.5. The van der Waals surface area contributed by atoms with E-state index in [1.54, 1.807) is 6.07 Å². The van der Waals surface area contributed by atoms with Crippen molar-refractivity contribution in [3.05, 3.63) is 29.0 Å². The molecule has 3 rings (SSSR count). The number of rotatable bonds is 2. The van der Waals surface area contributed by atoms with Crippen molar-refractivity contribution >= 4 is 23.4 Å². The average Bonchev–Trinajstić information content (AvgIpc) is 2.63. The van der Waals surface area contributed by atoms with Crippen molar-refractivity contribution in [1.82, 2.24) is 4.90 Å². The molecule has 1 aromatic carbocycles. The van der Waals surface area contributed by atoms with Crippen LogP contribution in [0.2, 0.25) is 5.02 Å². The van der Waals surface area contributed by atoms with Crippen LogP contribution in [0.1, 0.15) is 46.5 Å². The molecule has 2 aliphatic heterocycles. The molecule has 0 atom stereocenters. The van der Waals surface area contributed by atoms with Crippen LogP contribution in [-0.2, 0) is 4.74 Å². The van der Waals surface area contributed by atoms with E-state index in [1.165, 1.54) is 6.07 Å². The van der Waals surface area contributed by atoms with Gasteiger partial charge in [-0.25, -0.2) is 9.18 Å². The molecule has 27 heavy (non-hydrogen) atoms. The summed E-state index contributed by atoms with van der Waals surface area (Å²) in [4.78, 5) is 16.3. The Morgan fingerprint density at radius 2 is 1.63 bits per heavy atom. The molecule has 0 spiro atoms. The Kier molecular flexibility index (Phi) is 6.19. The quantitative estimate of drug-likeness (QED) is 0.676. The molecular weight excluding hydrogens is 367 g/mol. The van der Waals surface area contributed by atoms with Crippen molar-refractivity contribution in [1.29, 1.82) is 0 Å². The van der Waals surface area contributed by atoms with Gasteiger partial charge in [-0.1, -0.05) is 11.6 Å². The second kappa shape index (κ2) is 8.26. The van der Waals surface area contributed by atoms with Gasteiger partial charge in [0.05, 0.1) is 5.02 Å². The molecule has 150 valence electrons. The number of carbonyl (C=O) groups excluding carboxylic acids is 1. The van der Waals surface area contributed by atoms with Gasteiger partial charge in [0, 0.05) is 31.9 Å². The van der Waals surface area contributed by atoms with Crippen molar-refractivity contribution in [3.8, 4) is 0 Å². The summed E-state index contributed by atoms with van der Waals surface area (Å²) in [6.45, 7) is 9.15. The molecule has 2 saturated heterocycles. The Hall–Kier alpha value is -1.49. The van der Waals surface area contributed by atoms with Gasteiger partial charge < -0.3 is 14.5 Å². The number of likely N-dealkylation sites (tertiary alicyclic amines) is 1. The van der Waals surface area contributed by atoms with E-state index >= 15 is 0 Å². The largest absolute Gasteiger partial charge is 0.444 e. The maximum absolute atomic E-state index is 13.7. The summed E-state index contributed by atoms with van der Waals surface area (Å²) in [5.41, 5.74) is 0.470. The van der Waals surface area contributed by atoms with Crippen LogP contribution in [0.4, 0.5) is 14.9 Å². The highest BCUT2D eigenvalue weighted by Crippen LogP contribution is 2.34. The molecule has 0 saturated carbocycles. The summed E-state index contributed by atoms with van der Waals surface area (Å²) in [5.74, 6) is 0.984. The molecule has 1 aromatic rings. The molecule has 0 bridgehead atoms. The molecule has 2 fully saturated rings. The third-order valence-corrected chi connectivity index (χ3v) is 5.97. The predicted octanol–water partition coefficient (Wildman–Crippen LogP) is 5.34. The SMILES string of the molecule is CC(C)(C)OC(=O)N1CCC(C2CCN(c3ccc(Cl)c(F)c3)CC2)CC1. The highest BCUT2D eigenvalue weighted by Gasteiger charge is 2.32. The van der Waals surface area contributed by atoms with Crippen LogP contribution in [0.25, 0.3) is 0 Å². The van der Waals surface area contributed by atoms with Crippen LogP contribution < -0.4 is 4.90 Å². The van der Waals surface area contributed by atoms with Crippen molar-refractivity contribution in [2.45, 2.75) is 52.1 Å². The maximum Gasteiger partial charge on any atom is 0.410 e. The third-order valence-electron chi connectivity index (χ3n) is 5.67. The number of carbonyl (C=O) groups is 1. The topological polar surface area (TPSA) is 32.8 Å². The number of amides is 1. The molecule has 2 heterocycles. The zero-order chi connectivity index (χ0) is 19.6. The normalized spacial score (nSPS) is 20.0. The van der Waals surface area contributed by atoms with E-state index in [9.17, 15) is 9.18 Å². The first-order valence-corrected chi connectivity index (χ1v) is 10.3. The summed E-state index contributed by atoms with van der Waals surface area (Å²) >= 11 is 5.78. The van der Waals surface area contributed by atoms with Crippen LogP contribution in [0.5, 0.6) is 0 Å². The lowest BCUT2D eigenvalue weighted by Gasteiger charge is -2.41. The van der Waals surface area contributed by atoms with Crippen molar-refractivity contribution in [2.75, 3.05) is 31.1 Å². The lowest BCUT2D eigenvalue weighted by Crippen LogP contribution is -2.44. The summed E-state index contributed by atoms with van der Waals surface area (Å²) in [6, 6.07) is 5.05. The van der Waals surface area contributed by atoms with Gasteiger partial charge in [-0.3, -0.25) is 0 Å². The molecule has 0 radical (unpaired) electrons. The zero-order valence-corrected chi connectivity index (χ0v) is 17.3. The van der Waals surface area contributed by atoms with Crippen molar-refractivity contribution in [2.24, 2.45) is 11.8 Å². The number of benzene rings is 1. The number of hydrogen-bond donors (Lipinski definition) is 0. The Balaban J connectivity index is 1.47. The smallest absolute Gasteiger partial charge is 0.410 e. The lowest BCUT2D eigenvalue weighted by atomic mass is 9.79. The van der Waals surface area contributed by atoms with Crippen LogP contribution >= 0.6 is 11.6 Å². The molecule has 0 N–H and O–H groups in total. The molecule has 6 heteroatoms. The molecular formula is C21H30ClFN2O2. The minimum absolute atomic E-state index is 0.172. The molecule has 0 unspecified atom stereocenters. The fourth-order valence-corrected chi connectivity index (χ4v) is 4.31. The number of nitrogens with zero attached hydrogens (tertiary/aromatic N) is 2. The fourth-order valence-electron chi connectivity index (χ4n) is 4.19. The first-order valence-electron chi connectivity index (χ1n) is 9.91. The average molecular weight is 397 g/mol.